The van der Waals surface area contributed by atoms with Crippen LogP contribution in [0.5, 0.6) is 0 Å². The molecule has 0 aromatic rings. The molecule has 2 unspecified atom stereocenters. The Morgan fingerprint density at radius 2 is 2.06 bits per heavy atom. The Labute approximate surface area is 115 Å². The second-order valence-corrected chi connectivity index (χ2v) is 7.96. The number of likely N-dealkylation sites (tertiary alicyclic amines) is 1. The van der Waals surface area contributed by atoms with Gasteiger partial charge < -0.3 is 10.2 Å². The van der Waals surface area contributed by atoms with E-state index < -0.39 is 0 Å². The average molecular weight is 274 g/mol. The predicted octanol–water partition coefficient (Wildman–Crippen LogP) is 2.15. The molecule has 0 amide bonds. The van der Waals surface area contributed by atoms with E-state index in [0.717, 1.165) is 11.2 Å². The summed E-state index contributed by atoms with van der Waals surface area (Å²) in [4.78, 5) is 2.46. The smallest absolute Gasteiger partial charge is 0.0263 e. The largest absolute Gasteiger partial charge is 0.313 e. The first-order valence-corrected chi connectivity index (χ1v) is 9.07. The molecule has 2 rings (SSSR count). The molecule has 0 aliphatic carbocycles. The zero-order chi connectivity index (χ0) is 12.1. The summed E-state index contributed by atoms with van der Waals surface area (Å²) in [6.45, 7) is 6.16. The normalized spacial score (nSPS) is 30.4. The van der Waals surface area contributed by atoms with Crippen LogP contribution in [0.15, 0.2) is 0 Å². The van der Waals surface area contributed by atoms with Crippen LogP contribution in [-0.4, -0.2) is 60.1 Å². The third-order valence-corrected chi connectivity index (χ3v) is 6.87. The van der Waals surface area contributed by atoms with Gasteiger partial charge in [0.2, 0.25) is 0 Å². The maximum atomic E-state index is 3.78. The van der Waals surface area contributed by atoms with Crippen molar-refractivity contribution < 1.29 is 0 Å². The molecule has 2 heterocycles. The van der Waals surface area contributed by atoms with Gasteiger partial charge in [-0.15, -0.1) is 0 Å². The molecular weight excluding hydrogens is 248 g/mol. The van der Waals surface area contributed by atoms with Crippen molar-refractivity contribution in [2.45, 2.75) is 31.1 Å². The van der Waals surface area contributed by atoms with Crippen molar-refractivity contribution in [3.05, 3.63) is 0 Å². The second kappa shape index (κ2) is 7.27. The van der Waals surface area contributed by atoms with Gasteiger partial charge in [-0.3, -0.25) is 0 Å². The van der Waals surface area contributed by atoms with Crippen LogP contribution in [0.3, 0.4) is 0 Å². The van der Waals surface area contributed by atoms with E-state index in [1.165, 1.54) is 49.7 Å². The van der Waals surface area contributed by atoms with Crippen molar-refractivity contribution in [1.29, 1.82) is 0 Å². The van der Waals surface area contributed by atoms with Crippen molar-refractivity contribution in [2.75, 3.05) is 43.9 Å². The molecule has 2 atom stereocenters. The molecule has 2 aliphatic heterocycles. The lowest BCUT2D eigenvalue weighted by Crippen LogP contribution is -2.43. The number of nitrogens with zero attached hydrogens (tertiary/aromatic N) is 1. The number of nitrogens with one attached hydrogen (secondary N) is 1. The minimum absolute atomic E-state index is 0.705. The van der Waals surface area contributed by atoms with Crippen molar-refractivity contribution >= 4 is 23.5 Å². The first kappa shape index (κ1) is 14.0. The lowest BCUT2D eigenvalue weighted by Gasteiger charge is -2.34. The Morgan fingerprint density at radius 1 is 1.29 bits per heavy atom. The Bertz CT molecular complexity index is 211. The fourth-order valence-electron chi connectivity index (χ4n) is 2.67. The topological polar surface area (TPSA) is 15.3 Å². The lowest BCUT2D eigenvalue weighted by atomic mass is 9.90. The molecule has 0 spiro atoms. The van der Waals surface area contributed by atoms with Gasteiger partial charge in [0, 0.05) is 35.1 Å². The zero-order valence-corrected chi connectivity index (χ0v) is 12.8. The Morgan fingerprint density at radius 3 is 2.71 bits per heavy atom. The summed E-state index contributed by atoms with van der Waals surface area (Å²) in [7, 11) is 2.24. The molecular formula is C13H26N2S2. The monoisotopic (exact) mass is 274 g/mol. The molecule has 17 heavy (non-hydrogen) atoms. The average Bonchev–Trinajstić information content (AvgIpc) is 2.38. The van der Waals surface area contributed by atoms with Gasteiger partial charge in [0.05, 0.1) is 0 Å². The molecule has 0 bridgehead atoms. The summed E-state index contributed by atoms with van der Waals surface area (Å²) < 4.78 is 0. The maximum Gasteiger partial charge on any atom is 0.0263 e. The van der Waals surface area contributed by atoms with E-state index >= 15 is 0 Å². The molecule has 0 saturated carbocycles. The molecule has 2 aliphatic rings. The van der Waals surface area contributed by atoms with Gasteiger partial charge in [0.25, 0.3) is 0 Å². The van der Waals surface area contributed by atoms with E-state index in [2.05, 4.69) is 47.7 Å². The maximum absolute atomic E-state index is 3.78. The van der Waals surface area contributed by atoms with E-state index in [0.29, 0.717) is 6.04 Å². The highest BCUT2D eigenvalue weighted by Gasteiger charge is 2.23. The fraction of sp³-hybridized carbons (Fsp3) is 1.00. The molecule has 2 saturated heterocycles. The van der Waals surface area contributed by atoms with Crippen LogP contribution < -0.4 is 5.32 Å². The van der Waals surface area contributed by atoms with E-state index in [1.54, 1.807) is 0 Å². The summed E-state index contributed by atoms with van der Waals surface area (Å²) in [5.41, 5.74) is 0. The van der Waals surface area contributed by atoms with Crippen molar-refractivity contribution in [1.82, 2.24) is 10.2 Å². The standard InChI is InChI=1S/C13H26N2S2/c1-11(12-3-5-15(2)6-4-12)14-9-13-10-16-7-8-17-13/h11-14H,3-10H2,1-2H3. The van der Waals surface area contributed by atoms with Crippen LogP contribution in [0.1, 0.15) is 19.8 Å². The van der Waals surface area contributed by atoms with Gasteiger partial charge in [-0.1, -0.05) is 0 Å². The fourth-order valence-corrected chi connectivity index (χ4v) is 5.29. The van der Waals surface area contributed by atoms with Crippen LogP contribution in [0.25, 0.3) is 0 Å². The van der Waals surface area contributed by atoms with Crippen LogP contribution in [0.4, 0.5) is 0 Å². The predicted molar refractivity (Wildman–Crippen MR) is 81.3 cm³/mol. The van der Waals surface area contributed by atoms with Crippen molar-refractivity contribution in [3.63, 3.8) is 0 Å². The highest BCUT2D eigenvalue weighted by Crippen LogP contribution is 2.24. The first-order valence-electron chi connectivity index (χ1n) is 6.87. The Balaban J connectivity index is 1.64. The molecule has 0 aromatic carbocycles. The Hall–Kier alpha value is 0.620. The lowest BCUT2D eigenvalue weighted by molar-refractivity contribution is 0.190. The summed E-state index contributed by atoms with van der Waals surface area (Å²) in [6.07, 6.45) is 2.74. The molecule has 1 N–H and O–H groups in total. The summed E-state index contributed by atoms with van der Waals surface area (Å²) in [5, 5.41) is 4.63. The molecule has 100 valence electrons. The Kier molecular flexibility index (Phi) is 6.00. The summed E-state index contributed by atoms with van der Waals surface area (Å²) in [6, 6.07) is 0.705. The number of piperidine rings is 1. The molecule has 4 heteroatoms. The number of rotatable bonds is 4. The molecule has 2 nitrogen and oxygen atoms in total. The molecule has 0 aromatic heterocycles. The second-order valence-electron chi connectivity index (χ2n) is 5.41. The summed E-state index contributed by atoms with van der Waals surface area (Å²) >= 11 is 4.28. The minimum atomic E-state index is 0.705. The third kappa shape index (κ3) is 4.66. The minimum Gasteiger partial charge on any atom is -0.313 e. The highest BCUT2D eigenvalue weighted by atomic mass is 32.2. The van der Waals surface area contributed by atoms with E-state index in [9.17, 15) is 0 Å². The third-order valence-electron chi connectivity index (χ3n) is 4.02. The van der Waals surface area contributed by atoms with Gasteiger partial charge in [-0.05, 0) is 45.8 Å². The van der Waals surface area contributed by atoms with E-state index in [4.69, 9.17) is 0 Å². The SMILES string of the molecule is CC(NCC1CSCCS1)C1CCN(C)CC1. The van der Waals surface area contributed by atoms with Crippen molar-refractivity contribution in [3.8, 4) is 0 Å². The number of thioether (sulfide) groups is 2. The van der Waals surface area contributed by atoms with E-state index in [-0.39, 0.29) is 0 Å². The highest BCUT2D eigenvalue weighted by molar-refractivity contribution is 8.06. The van der Waals surface area contributed by atoms with Gasteiger partial charge >= 0.3 is 0 Å². The van der Waals surface area contributed by atoms with Crippen LogP contribution in [0, 0.1) is 5.92 Å². The van der Waals surface area contributed by atoms with Gasteiger partial charge in [0.1, 0.15) is 0 Å². The number of hydrogen-bond acceptors (Lipinski definition) is 4. The van der Waals surface area contributed by atoms with Crippen LogP contribution >= 0.6 is 23.5 Å². The number of hydrogen-bond donors (Lipinski definition) is 1. The molecule has 2 fully saturated rings. The van der Waals surface area contributed by atoms with Crippen molar-refractivity contribution in [2.24, 2.45) is 5.92 Å². The van der Waals surface area contributed by atoms with Gasteiger partial charge in [-0.2, -0.15) is 23.5 Å². The van der Waals surface area contributed by atoms with E-state index in [1.807, 2.05) is 0 Å². The zero-order valence-electron chi connectivity index (χ0n) is 11.2. The summed E-state index contributed by atoms with van der Waals surface area (Å²) in [5.74, 6) is 4.94. The van der Waals surface area contributed by atoms with Gasteiger partial charge in [-0.25, -0.2) is 0 Å². The van der Waals surface area contributed by atoms with Crippen LogP contribution in [-0.2, 0) is 0 Å². The molecule has 0 radical (unpaired) electrons. The first-order chi connectivity index (χ1) is 8.25. The quantitative estimate of drug-likeness (QED) is 0.844. The van der Waals surface area contributed by atoms with Gasteiger partial charge in [0.15, 0.2) is 0 Å². The van der Waals surface area contributed by atoms with Crippen LogP contribution in [0.2, 0.25) is 0 Å².